The summed E-state index contributed by atoms with van der Waals surface area (Å²) >= 11 is 0. The Hall–Kier alpha value is -2.77. The van der Waals surface area contributed by atoms with Gasteiger partial charge in [-0.2, -0.15) is 0 Å². The van der Waals surface area contributed by atoms with Crippen LogP contribution in [0.5, 0.6) is 0 Å². The number of hydrogen-bond acceptors (Lipinski definition) is 8. The molecule has 13 nitrogen and oxygen atoms in total. The lowest BCUT2D eigenvalue weighted by Crippen LogP contribution is -2.59. The zero-order valence-corrected chi connectivity index (χ0v) is 18.7. The van der Waals surface area contributed by atoms with E-state index >= 15 is 0 Å². The van der Waals surface area contributed by atoms with Crippen molar-refractivity contribution in [1.29, 1.82) is 0 Å². The summed E-state index contributed by atoms with van der Waals surface area (Å²) in [6, 6.07) is -5.13. The first-order valence-electron chi connectivity index (χ1n) is 10.4. The summed E-state index contributed by atoms with van der Waals surface area (Å²) in [6.07, 6.45) is -0.550. The van der Waals surface area contributed by atoms with Crippen LogP contribution in [0.1, 0.15) is 46.5 Å². The van der Waals surface area contributed by atoms with Crippen molar-refractivity contribution < 1.29 is 34.2 Å². The molecule has 0 spiro atoms. The summed E-state index contributed by atoms with van der Waals surface area (Å²) in [4.78, 5) is 60.3. The molecule has 0 aliphatic heterocycles. The number of aliphatic carboxylic acids is 1. The van der Waals surface area contributed by atoms with Crippen molar-refractivity contribution in [2.24, 2.45) is 23.1 Å². The summed E-state index contributed by atoms with van der Waals surface area (Å²) in [5, 5.41) is 25.8. The molecule has 0 aromatic carbocycles. The second-order valence-electron chi connectivity index (χ2n) is 7.91. The zero-order valence-electron chi connectivity index (χ0n) is 18.7. The van der Waals surface area contributed by atoms with Crippen molar-refractivity contribution in [2.75, 3.05) is 6.54 Å². The molecule has 13 heteroatoms. The number of amides is 4. The number of nitrogens with one attached hydrogen (secondary N) is 3. The Morgan fingerprint density at radius 3 is 1.88 bits per heavy atom. The molecule has 11 N–H and O–H groups in total. The Labute approximate surface area is 186 Å². The van der Waals surface area contributed by atoms with Crippen molar-refractivity contribution in [3.05, 3.63) is 0 Å². The lowest BCUT2D eigenvalue weighted by Gasteiger charge is -2.27. The Morgan fingerprint density at radius 2 is 1.44 bits per heavy atom. The van der Waals surface area contributed by atoms with Crippen LogP contribution in [-0.4, -0.2) is 76.6 Å². The predicted octanol–water partition coefficient (Wildman–Crippen LogP) is -3.11. The van der Waals surface area contributed by atoms with Crippen LogP contribution in [0, 0.1) is 5.92 Å². The number of nitrogens with two attached hydrogens (primary N) is 3. The maximum absolute atomic E-state index is 12.7. The zero-order chi connectivity index (χ0) is 25.0. The average molecular weight is 461 g/mol. The van der Waals surface area contributed by atoms with Gasteiger partial charge in [-0.1, -0.05) is 13.8 Å². The number of hydrogen-bond donors (Lipinski definition) is 8. The van der Waals surface area contributed by atoms with E-state index in [1.165, 1.54) is 6.92 Å². The standard InChI is InChI=1S/C19H36N6O7/c1-9(2)15(18(30)23-11(19(31)32)6-4-5-7-20)25-16(28)12(8-13(21)27)24-17(29)14(22)10(3)26/h9-12,14-15,26H,4-8,20,22H2,1-3H3,(H2,21,27)(H,23,30)(H,24,29)(H,25,28)(H,31,32). The van der Waals surface area contributed by atoms with E-state index in [1.54, 1.807) is 13.8 Å². The third kappa shape index (κ3) is 10.5. The third-order valence-electron chi connectivity index (χ3n) is 4.67. The molecule has 0 aromatic rings. The molecule has 184 valence electrons. The number of aliphatic hydroxyl groups is 1. The number of carboxylic acid groups (broad SMARTS) is 1. The SMILES string of the molecule is CC(C)C(NC(=O)C(CC(N)=O)NC(=O)C(N)C(C)O)C(=O)NC(CCCCN)C(=O)O. The topological polar surface area (TPSA) is 240 Å². The van der Waals surface area contributed by atoms with Crippen LogP contribution in [0.15, 0.2) is 0 Å². The van der Waals surface area contributed by atoms with Gasteiger partial charge < -0.3 is 43.4 Å². The lowest BCUT2D eigenvalue weighted by molar-refractivity contribution is -0.143. The summed E-state index contributed by atoms with van der Waals surface area (Å²) < 4.78 is 0. The minimum absolute atomic E-state index is 0.161. The van der Waals surface area contributed by atoms with Crippen LogP contribution in [0.25, 0.3) is 0 Å². The molecule has 0 saturated carbocycles. The van der Waals surface area contributed by atoms with Crippen LogP contribution in [-0.2, 0) is 24.0 Å². The predicted molar refractivity (Wildman–Crippen MR) is 115 cm³/mol. The maximum Gasteiger partial charge on any atom is 0.326 e. The minimum atomic E-state index is -1.45. The van der Waals surface area contributed by atoms with Gasteiger partial charge in [-0.25, -0.2) is 4.79 Å². The second-order valence-corrected chi connectivity index (χ2v) is 7.91. The third-order valence-corrected chi connectivity index (χ3v) is 4.67. The summed E-state index contributed by atoms with van der Waals surface area (Å²) in [6.45, 7) is 4.91. The molecule has 0 heterocycles. The molecule has 0 saturated heterocycles. The first-order valence-corrected chi connectivity index (χ1v) is 10.4. The normalized spacial score (nSPS) is 15.7. The molecule has 0 fully saturated rings. The number of primary amides is 1. The van der Waals surface area contributed by atoms with Gasteiger partial charge >= 0.3 is 5.97 Å². The van der Waals surface area contributed by atoms with Gasteiger partial charge in [0.2, 0.25) is 23.6 Å². The van der Waals surface area contributed by atoms with Crippen LogP contribution < -0.4 is 33.2 Å². The number of rotatable bonds is 15. The van der Waals surface area contributed by atoms with E-state index in [-0.39, 0.29) is 6.42 Å². The van der Waals surface area contributed by atoms with Gasteiger partial charge in [0.05, 0.1) is 12.5 Å². The fourth-order valence-corrected chi connectivity index (χ4v) is 2.70. The highest BCUT2D eigenvalue weighted by Crippen LogP contribution is 2.07. The summed E-state index contributed by atoms with van der Waals surface area (Å²) in [5.74, 6) is -5.10. The molecule has 0 aliphatic rings. The molecule has 4 amide bonds. The molecule has 0 radical (unpaired) electrons. The monoisotopic (exact) mass is 460 g/mol. The van der Waals surface area contributed by atoms with Crippen LogP contribution >= 0.6 is 0 Å². The fraction of sp³-hybridized carbons (Fsp3) is 0.737. The van der Waals surface area contributed by atoms with Crippen molar-refractivity contribution in [1.82, 2.24) is 16.0 Å². The van der Waals surface area contributed by atoms with Gasteiger partial charge in [0, 0.05) is 0 Å². The smallest absolute Gasteiger partial charge is 0.326 e. The largest absolute Gasteiger partial charge is 0.480 e. The van der Waals surface area contributed by atoms with Crippen LogP contribution in [0.3, 0.4) is 0 Å². The molecule has 32 heavy (non-hydrogen) atoms. The Bertz CT molecular complexity index is 671. The second kappa shape index (κ2) is 14.3. The van der Waals surface area contributed by atoms with Crippen molar-refractivity contribution >= 4 is 29.6 Å². The van der Waals surface area contributed by atoms with Crippen molar-refractivity contribution in [2.45, 2.75) is 76.7 Å². The average Bonchev–Trinajstić information content (AvgIpc) is 2.68. The van der Waals surface area contributed by atoms with Gasteiger partial charge in [-0.15, -0.1) is 0 Å². The summed E-state index contributed by atoms with van der Waals surface area (Å²) in [7, 11) is 0. The minimum Gasteiger partial charge on any atom is -0.480 e. The first kappa shape index (κ1) is 29.2. The van der Waals surface area contributed by atoms with E-state index in [1.807, 2.05) is 0 Å². The Morgan fingerprint density at radius 1 is 0.875 bits per heavy atom. The lowest BCUT2D eigenvalue weighted by atomic mass is 10.0. The molecule has 0 aliphatic carbocycles. The molecule has 0 bridgehead atoms. The van der Waals surface area contributed by atoms with E-state index in [4.69, 9.17) is 17.2 Å². The Balaban J connectivity index is 5.39. The number of aliphatic hydroxyl groups excluding tert-OH is 1. The number of unbranched alkanes of at least 4 members (excludes halogenated alkanes) is 1. The van der Waals surface area contributed by atoms with Gasteiger partial charge in [-0.3, -0.25) is 19.2 Å². The highest BCUT2D eigenvalue weighted by Gasteiger charge is 2.32. The van der Waals surface area contributed by atoms with Gasteiger partial charge in [0.1, 0.15) is 24.2 Å². The van der Waals surface area contributed by atoms with E-state index in [0.29, 0.717) is 19.4 Å². The van der Waals surface area contributed by atoms with Crippen LogP contribution in [0.4, 0.5) is 0 Å². The maximum atomic E-state index is 12.7. The number of carbonyl (C=O) groups is 5. The van der Waals surface area contributed by atoms with E-state index in [9.17, 15) is 34.2 Å². The quantitative estimate of drug-likeness (QED) is 0.115. The van der Waals surface area contributed by atoms with E-state index < -0.39 is 72.2 Å². The van der Waals surface area contributed by atoms with Gasteiger partial charge in [-0.05, 0) is 38.6 Å². The number of carbonyl (C=O) groups excluding carboxylic acids is 4. The molecule has 0 aromatic heterocycles. The van der Waals surface area contributed by atoms with Gasteiger partial charge in [0.25, 0.3) is 0 Å². The van der Waals surface area contributed by atoms with Crippen LogP contribution in [0.2, 0.25) is 0 Å². The molecular weight excluding hydrogens is 424 g/mol. The number of carboxylic acids is 1. The van der Waals surface area contributed by atoms with Gasteiger partial charge in [0.15, 0.2) is 0 Å². The molecular formula is C19H36N6O7. The highest BCUT2D eigenvalue weighted by atomic mass is 16.4. The van der Waals surface area contributed by atoms with Crippen molar-refractivity contribution in [3.8, 4) is 0 Å². The van der Waals surface area contributed by atoms with E-state index in [2.05, 4.69) is 16.0 Å². The highest BCUT2D eigenvalue weighted by molar-refractivity contribution is 5.96. The molecule has 0 rings (SSSR count). The molecule has 5 unspecified atom stereocenters. The first-order chi connectivity index (χ1) is 14.8. The fourth-order valence-electron chi connectivity index (χ4n) is 2.70. The summed E-state index contributed by atoms with van der Waals surface area (Å²) in [5.41, 5.74) is 16.1. The van der Waals surface area contributed by atoms with Crippen molar-refractivity contribution in [3.63, 3.8) is 0 Å². The van der Waals surface area contributed by atoms with E-state index in [0.717, 1.165) is 0 Å². The molecule has 5 atom stereocenters. The Kier molecular flexibility index (Phi) is 13.1.